The van der Waals surface area contributed by atoms with E-state index >= 15 is 0 Å². The lowest BCUT2D eigenvalue weighted by molar-refractivity contribution is 0.482. The van der Waals surface area contributed by atoms with Gasteiger partial charge in [0.1, 0.15) is 5.76 Å². The second kappa shape index (κ2) is 5.14. The Labute approximate surface area is 100 Å². The normalized spacial score (nSPS) is 11.3. The van der Waals surface area contributed by atoms with Crippen LogP contribution in [-0.2, 0) is 6.42 Å². The summed E-state index contributed by atoms with van der Waals surface area (Å²) >= 11 is 0. The molecular weight excluding hydrogens is 218 g/mol. The molecule has 0 aromatic carbocycles. The Morgan fingerprint density at radius 2 is 2.18 bits per heavy atom. The van der Waals surface area contributed by atoms with Gasteiger partial charge in [-0.2, -0.15) is 0 Å². The average Bonchev–Trinajstić information content (AvgIpc) is 2.86. The van der Waals surface area contributed by atoms with Gasteiger partial charge in [-0.25, -0.2) is 0 Å². The SMILES string of the molecule is Cc1occc1-c1nnc(CCNC(C)C)o1. The highest BCUT2D eigenvalue weighted by Gasteiger charge is 2.12. The minimum atomic E-state index is 0.466. The number of hydrogen-bond acceptors (Lipinski definition) is 5. The molecule has 0 amide bonds. The van der Waals surface area contributed by atoms with Crippen molar-refractivity contribution in [2.75, 3.05) is 6.54 Å². The third-order valence-corrected chi connectivity index (χ3v) is 2.45. The maximum Gasteiger partial charge on any atom is 0.251 e. The highest BCUT2D eigenvalue weighted by atomic mass is 16.4. The molecule has 1 N–H and O–H groups in total. The first-order chi connectivity index (χ1) is 8.16. The highest BCUT2D eigenvalue weighted by molar-refractivity contribution is 5.54. The second-order valence-corrected chi connectivity index (χ2v) is 4.25. The number of rotatable bonds is 5. The fraction of sp³-hybridized carbons (Fsp3) is 0.500. The zero-order valence-corrected chi connectivity index (χ0v) is 10.4. The molecule has 92 valence electrons. The van der Waals surface area contributed by atoms with Gasteiger partial charge in [-0.3, -0.25) is 0 Å². The molecule has 0 fully saturated rings. The largest absolute Gasteiger partial charge is 0.469 e. The smallest absolute Gasteiger partial charge is 0.251 e. The Morgan fingerprint density at radius 3 is 2.82 bits per heavy atom. The molecule has 2 aromatic rings. The summed E-state index contributed by atoms with van der Waals surface area (Å²) in [6, 6.07) is 2.30. The summed E-state index contributed by atoms with van der Waals surface area (Å²) in [7, 11) is 0. The van der Waals surface area contributed by atoms with Gasteiger partial charge in [0.15, 0.2) is 0 Å². The molecule has 5 nitrogen and oxygen atoms in total. The van der Waals surface area contributed by atoms with Crippen LogP contribution in [0.2, 0.25) is 0 Å². The molecule has 0 bridgehead atoms. The Bertz CT molecular complexity index is 474. The maximum atomic E-state index is 5.57. The minimum absolute atomic E-state index is 0.466. The molecule has 0 aliphatic heterocycles. The zero-order valence-electron chi connectivity index (χ0n) is 10.4. The molecule has 0 aliphatic rings. The van der Waals surface area contributed by atoms with Gasteiger partial charge in [0.05, 0.1) is 11.8 Å². The van der Waals surface area contributed by atoms with Gasteiger partial charge in [-0.15, -0.1) is 10.2 Å². The molecule has 0 atom stereocenters. The number of aromatic nitrogens is 2. The Kier molecular flexibility index (Phi) is 3.58. The molecule has 0 unspecified atom stereocenters. The monoisotopic (exact) mass is 235 g/mol. The first kappa shape index (κ1) is 11.9. The van der Waals surface area contributed by atoms with Crippen molar-refractivity contribution in [1.29, 1.82) is 0 Å². The van der Waals surface area contributed by atoms with Gasteiger partial charge < -0.3 is 14.2 Å². The lowest BCUT2D eigenvalue weighted by atomic mass is 10.3. The molecule has 0 radical (unpaired) electrons. The summed E-state index contributed by atoms with van der Waals surface area (Å²) in [5, 5.41) is 11.3. The minimum Gasteiger partial charge on any atom is -0.469 e. The first-order valence-electron chi connectivity index (χ1n) is 5.77. The van der Waals surface area contributed by atoms with E-state index in [2.05, 4.69) is 29.4 Å². The van der Waals surface area contributed by atoms with E-state index in [0.717, 1.165) is 24.3 Å². The van der Waals surface area contributed by atoms with E-state index in [1.165, 1.54) is 0 Å². The van der Waals surface area contributed by atoms with Gasteiger partial charge in [-0.05, 0) is 13.0 Å². The Morgan fingerprint density at radius 1 is 1.35 bits per heavy atom. The molecule has 0 spiro atoms. The van der Waals surface area contributed by atoms with E-state index in [-0.39, 0.29) is 0 Å². The van der Waals surface area contributed by atoms with Gasteiger partial charge in [0.2, 0.25) is 5.89 Å². The van der Waals surface area contributed by atoms with Gasteiger partial charge in [-0.1, -0.05) is 13.8 Å². The predicted octanol–water partition coefficient (Wildman–Crippen LogP) is 2.18. The van der Waals surface area contributed by atoms with Crippen LogP contribution < -0.4 is 5.32 Å². The standard InChI is InChI=1S/C12H17N3O2/c1-8(2)13-6-4-11-14-15-12(17-11)10-5-7-16-9(10)3/h5,7-8,13H,4,6H2,1-3H3. The van der Waals surface area contributed by atoms with Crippen LogP contribution in [0.5, 0.6) is 0 Å². The molecule has 0 aliphatic carbocycles. The summed E-state index contributed by atoms with van der Waals surface area (Å²) in [6.07, 6.45) is 2.36. The Hall–Kier alpha value is -1.62. The van der Waals surface area contributed by atoms with Crippen molar-refractivity contribution in [1.82, 2.24) is 15.5 Å². The van der Waals surface area contributed by atoms with E-state index in [1.807, 2.05) is 13.0 Å². The summed E-state index contributed by atoms with van der Waals surface area (Å²) in [4.78, 5) is 0. The van der Waals surface area contributed by atoms with Crippen molar-refractivity contribution in [3.05, 3.63) is 24.0 Å². The lowest BCUT2D eigenvalue weighted by Crippen LogP contribution is -2.25. The van der Waals surface area contributed by atoms with Crippen molar-refractivity contribution in [2.24, 2.45) is 0 Å². The third-order valence-electron chi connectivity index (χ3n) is 2.45. The van der Waals surface area contributed by atoms with Gasteiger partial charge >= 0.3 is 0 Å². The van der Waals surface area contributed by atoms with Crippen LogP contribution in [0.1, 0.15) is 25.5 Å². The van der Waals surface area contributed by atoms with Crippen LogP contribution in [0, 0.1) is 6.92 Å². The quantitative estimate of drug-likeness (QED) is 0.860. The van der Waals surface area contributed by atoms with E-state index in [1.54, 1.807) is 6.26 Å². The van der Waals surface area contributed by atoms with E-state index in [0.29, 0.717) is 17.8 Å². The van der Waals surface area contributed by atoms with Gasteiger partial charge in [0.25, 0.3) is 5.89 Å². The number of nitrogens with one attached hydrogen (secondary N) is 1. The first-order valence-corrected chi connectivity index (χ1v) is 5.77. The highest BCUT2D eigenvalue weighted by Crippen LogP contribution is 2.22. The van der Waals surface area contributed by atoms with E-state index in [9.17, 15) is 0 Å². The number of aryl methyl sites for hydroxylation is 1. The molecule has 5 heteroatoms. The van der Waals surface area contributed by atoms with E-state index < -0.39 is 0 Å². The zero-order chi connectivity index (χ0) is 12.3. The number of furan rings is 1. The summed E-state index contributed by atoms with van der Waals surface area (Å²) < 4.78 is 10.8. The van der Waals surface area contributed by atoms with Crippen molar-refractivity contribution in [3.8, 4) is 11.5 Å². The lowest BCUT2D eigenvalue weighted by Gasteiger charge is -2.04. The number of nitrogens with zero attached hydrogens (tertiary/aromatic N) is 2. The summed E-state index contributed by atoms with van der Waals surface area (Å²) in [6.45, 7) is 6.92. The predicted molar refractivity (Wildman–Crippen MR) is 63.6 cm³/mol. The summed E-state index contributed by atoms with van der Waals surface area (Å²) in [5.74, 6) is 1.96. The van der Waals surface area contributed by atoms with Crippen LogP contribution in [0.4, 0.5) is 0 Å². The van der Waals surface area contributed by atoms with Gasteiger partial charge in [0, 0.05) is 19.0 Å². The molecular formula is C12H17N3O2. The topological polar surface area (TPSA) is 64.1 Å². The maximum absolute atomic E-state index is 5.57. The molecule has 0 saturated carbocycles. The summed E-state index contributed by atoms with van der Waals surface area (Å²) in [5.41, 5.74) is 0.862. The fourth-order valence-corrected chi connectivity index (χ4v) is 1.54. The van der Waals surface area contributed by atoms with Crippen LogP contribution in [0.3, 0.4) is 0 Å². The van der Waals surface area contributed by atoms with Crippen LogP contribution in [0.25, 0.3) is 11.5 Å². The Balaban J connectivity index is 1.99. The van der Waals surface area contributed by atoms with Crippen molar-refractivity contribution < 1.29 is 8.83 Å². The van der Waals surface area contributed by atoms with Crippen molar-refractivity contribution in [3.63, 3.8) is 0 Å². The van der Waals surface area contributed by atoms with Crippen molar-refractivity contribution >= 4 is 0 Å². The third kappa shape index (κ3) is 2.94. The molecule has 2 heterocycles. The van der Waals surface area contributed by atoms with Crippen LogP contribution >= 0.6 is 0 Å². The van der Waals surface area contributed by atoms with Crippen molar-refractivity contribution in [2.45, 2.75) is 33.2 Å². The fourth-order valence-electron chi connectivity index (χ4n) is 1.54. The second-order valence-electron chi connectivity index (χ2n) is 4.25. The van der Waals surface area contributed by atoms with E-state index in [4.69, 9.17) is 8.83 Å². The molecule has 2 aromatic heterocycles. The number of hydrogen-bond donors (Lipinski definition) is 1. The molecule has 0 saturated heterocycles. The molecule has 2 rings (SSSR count). The van der Waals surface area contributed by atoms with Crippen LogP contribution in [-0.4, -0.2) is 22.8 Å². The van der Waals surface area contributed by atoms with Crippen LogP contribution in [0.15, 0.2) is 21.2 Å². The molecule has 17 heavy (non-hydrogen) atoms. The average molecular weight is 235 g/mol.